The van der Waals surface area contributed by atoms with E-state index in [0.717, 1.165) is 11.5 Å². The molecule has 0 aliphatic carbocycles. The lowest BCUT2D eigenvalue weighted by Crippen LogP contribution is -2.12. The summed E-state index contributed by atoms with van der Waals surface area (Å²) >= 11 is 1.11. The van der Waals surface area contributed by atoms with Gasteiger partial charge in [-0.05, 0) is 25.5 Å². The molecule has 17 heavy (non-hydrogen) atoms. The number of aryl methyl sites for hydroxylation is 2. The molecule has 2 rings (SSSR count). The molecule has 0 unspecified atom stereocenters. The summed E-state index contributed by atoms with van der Waals surface area (Å²) in [6.07, 6.45) is 0. The van der Waals surface area contributed by atoms with Gasteiger partial charge in [0.15, 0.2) is 0 Å². The van der Waals surface area contributed by atoms with Gasteiger partial charge in [-0.2, -0.15) is 4.37 Å². The van der Waals surface area contributed by atoms with Crippen molar-refractivity contribution >= 4 is 22.6 Å². The second-order valence-electron chi connectivity index (χ2n) is 3.57. The maximum Gasteiger partial charge on any atom is 0.261 e. The van der Waals surface area contributed by atoms with E-state index in [4.69, 9.17) is 0 Å². The van der Waals surface area contributed by atoms with Crippen LogP contribution in [0.15, 0.2) is 18.2 Å². The van der Waals surface area contributed by atoms with Gasteiger partial charge in [0, 0.05) is 11.5 Å². The number of aromatic hydroxyl groups is 1. The summed E-state index contributed by atoms with van der Waals surface area (Å²) in [6, 6.07) is 5.02. The summed E-state index contributed by atoms with van der Waals surface area (Å²) in [5.74, 6) is 0.215. The van der Waals surface area contributed by atoms with Crippen LogP contribution in [0.25, 0.3) is 0 Å². The number of nitrogens with zero attached hydrogens (tertiary/aromatic N) is 2. The number of rotatable bonds is 2. The number of hydrogen-bond acceptors (Lipinski definition) is 5. The van der Waals surface area contributed by atoms with Crippen LogP contribution in [0.2, 0.25) is 0 Å². The number of anilines is 1. The van der Waals surface area contributed by atoms with Crippen molar-refractivity contribution < 1.29 is 9.90 Å². The maximum absolute atomic E-state index is 11.9. The third-order valence-electron chi connectivity index (χ3n) is 2.23. The fourth-order valence-electron chi connectivity index (χ4n) is 1.35. The van der Waals surface area contributed by atoms with Gasteiger partial charge < -0.3 is 5.11 Å². The van der Waals surface area contributed by atoms with Gasteiger partial charge in [0.1, 0.15) is 11.6 Å². The largest absolute Gasteiger partial charge is 0.507 e. The second kappa shape index (κ2) is 4.50. The van der Waals surface area contributed by atoms with Crippen molar-refractivity contribution in [3.05, 3.63) is 35.2 Å². The van der Waals surface area contributed by atoms with Gasteiger partial charge >= 0.3 is 0 Å². The quantitative estimate of drug-likeness (QED) is 0.854. The van der Waals surface area contributed by atoms with Crippen LogP contribution in [0.3, 0.4) is 0 Å². The fraction of sp³-hybridized carbons (Fsp3) is 0.182. The van der Waals surface area contributed by atoms with E-state index < -0.39 is 0 Å². The number of aromatic nitrogens is 2. The Labute approximate surface area is 102 Å². The monoisotopic (exact) mass is 249 g/mol. The first-order valence-electron chi connectivity index (χ1n) is 4.98. The van der Waals surface area contributed by atoms with E-state index in [9.17, 15) is 9.90 Å². The van der Waals surface area contributed by atoms with E-state index in [0.29, 0.717) is 16.5 Å². The first-order chi connectivity index (χ1) is 8.08. The minimum Gasteiger partial charge on any atom is -0.507 e. The molecule has 2 N–H and O–H groups in total. The number of para-hydroxylation sites is 1. The van der Waals surface area contributed by atoms with E-state index in [2.05, 4.69) is 14.7 Å². The molecule has 5 nitrogen and oxygen atoms in total. The molecular formula is C11H11N3O2S. The zero-order valence-corrected chi connectivity index (χ0v) is 10.2. The summed E-state index contributed by atoms with van der Waals surface area (Å²) < 4.78 is 3.96. The third kappa shape index (κ3) is 2.42. The standard InChI is InChI=1S/C11H11N3O2S/c1-6-4-3-5-8(9(6)15)10(16)13-11-12-7(2)14-17-11/h3-5,15H,1-2H3,(H,12,13,14,16). The average Bonchev–Trinajstić information content (AvgIpc) is 2.68. The predicted octanol–water partition coefficient (Wildman–Crippen LogP) is 2.11. The minimum absolute atomic E-state index is 0.00811. The topological polar surface area (TPSA) is 75.1 Å². The summed E-state index contributed by atoms with van der Waals surface area (Å²) in [5.41, 5.74) is 0.893. The van der Waals surface area contributed by atoms with Crippen LogP contribution >= 0.6 is 11.5 Å². The number of phenolic OH excluding ortho intramolecular Hbond substituents is 1. The Balaban J connectivity index is 2.23. The lowest BCUT2D eigenvalue weighted by atomic mass is 10.1. The van der Waals surface area contributed by atoms with Crippen molar-refractivity contribution in [2.45, 2.75) is 13.8 Å². The van der Waals surface area contributed by atoms with E-state index in [1.807, 2.05) is 0 Å². The fourth-order valence-corrected chi connectivity index (χ4v) is 1.93. The Kier molecular flexibility index (Phi) is 3.06. The van der Waals surface area contributed by atoms with Crippen LogP contribution in [-0.4, -0.2) is 20.4 Å². The van der Waals surface area contributed by atoms with Gasteiger partial charge in [-0.1, -0.05) is 12.1 Å². The average molecular weight is 249 g/mol. The Hall–Kier alpha value is -1.95. The molecule has 0 spiro atoms. The number of carbonyl (C=O) groups is 1. The Morgan fingerprint density at radius 1 is 1.41 bits per heavy atom. The molecule has 1 aromatic carbocycles. The van der Waals surface area contributed by atoms with Gasteiger partial charge in [-0.15, -0.1) is 0 Å². The second-order valence-corrected chi connectivity index (χ2v) is 4.32. The van der Waals surface area contributed by atoms with Crippen molar-refractivity contribution in [2.75, 3.05) is 5.32 Å². The van der Waals surface area contributed by atoms with Gasteiger partial charge in [0.2, 0.25) is 5.13 Å². The maximum atomic E-state index is 11.9. The van der Waals surface area contributed by atoms with E-state index in [1.54, 1.807) is 32.0 Å². The molecular weight excluding hydrogens is 238 g/mol. The molecule has 0 fully saturated rings. The first kappa shape index (κ1) is 11.5. The molecule has 0 aliphatic heterocycles. The molecule has 1 amide bonds. The number of phenols is 1. The molecule has 6 heteroatoms. The Morgan fingerprint density at radius 3 is 2.82 bits per heavy atom. The Morgan fingerprint density at radius 2 is 2.18 bits per heavy atom. The highest BCUT2D eigenvalue weighted by atomic mass is 32.1. The molecule has 0 saturated heterocycles. The molecule has 0 atom stereocenters. The number of hydrogen-bond donors (Lipinski definition) is 2. The van der Waals surface area contributed by atoms with Gasteiger partial charge in [0.05, 0.1) is 5.56 Å². The Bertz CT molecular complexity index is 566. The number of nitrogens with one attached hydrogen (secondary N) is 1. The molecule has 2 aromatic rings. The third-order valence-corrected chi connectivity index (χ3v) is 2.95. The number of carbonyl (C=O) groups excluding carboxylic acids is 1. The number of amides is 1. The molecule has 1 aromatic heterocycles. The van der Waals surface area contributed by atoms with Crippen molar-refractivity contribution in [1.82, 2.24) is 9.36 Å². The summed E-state index contributed by atoms with van der Waals surface area (Å²) in [4.78, 5) is 15.9. The highest BCUT2D eigenvalue weighted by Crippen LogP contribution is 2.22. The zero-order chi connectivity index (χ0) is 12.4. The first-order valence-corrected chi connectivity index (χ1v) is 5.75. The van der Waals surface area contributed by atoms with Crippen molar-refractivity contribution in [1.29, 1.82) is 0 Å². The van der Waals surface area contributed by atoms with Gasteiger partial charge in [0.25, 0.3) is 5.91 Å². The normalized spacial score (nSPS) is 10.2. The van der Waals surface area contributed by atoms with E-state index in [1.165, 1.54) is 0 Å². The summed E-state index contributed by atoms with van der Waals surface area (Å²) in [7, 11) is 0. The molecule has 1 heterocycles. The van der Waals surface area contributed by atoms with Crippen LogP contribution in [0.4, 0.5) is 5.13 Å². The van der Waals surface area contributed by atoms with Crippen molar-refractivity contribution in [3.8, 4) is 5.75 Å². The zero-order valence-electron chi connectivity index (χ0n) is 9.39. The SMILES string of the molecule is Cc1nsc(NC(=O)c2cccc(C)c2O)n1. The molecule has 88 valence electrons. The molecule has 0 saturated carbocycles. The van der Waals surface area contributed by atoms with Crippen molar-refractivity contribution in [3.63, 3.8) is 0 Å². The van der Waals surface area contributed by atoms with Crippen LogP contribution in [0.1, 0.15) is 21.7 Å². The van der Waals surface area contributed by atoms with Gasteiger partial charge in [-0.3, -0.25) is 10.1 Å². The van der Waals surface area contributed by atoms with E-state index >= 15 is 0 Å². The van der Waals surface area contributed by atoms with Crippen LogP contribution in [-0.2, 0) is 0 Å². The highest BCUT2D eigenvalue weighted by Gasteiger charge is 2.14. The summed E-state index contributed by atoms with van der Waals surface area (Å²) in [6.45, 7) is 3.48. The lowest BCUT2D eigenvalue weighted by molar-refractivity contribution is 0.102. The predicted molar refractivity (Wildman–Crippen MR) is 65.4 cm³/mol. The molecule has 0 aliphatic rings. The van der Waals surface area contributed by atoms with E-state index in [-0.39, 0.29) is 17.2 Å². The highest BCUT2D eigenvalue weighted by molar-refractivity contribution is 7.09. The number of benzene rings is 1. The van der Waals surface area contributed by atoms with Gasteiger partial charge in [-0.25, -0.2) is 4.98 Å². The summed E-state index contributed by atoms with van der Waals surface area (Å²) in [5, 5.41) is 12.8. The molecule has 0 bridgehead atoms. The molecule has 0 radical (unpaired) electrons. The minimum atomic E-state index is -0.387. The van der Waals surface area contributed by atoms with Crippen LogP contribution in [0, 0.1) is 13.8 Å². The van der Waals surface area contributed by atoms with Crippen molar-refractivity contribution in [2.24, 2.45) is 0 Å². The lowest BCUT2D eigenvalue weighted by Gasteiger charge is -2.05. The smallest absolute Gasteiger partial charge is 0.261 e. The van der Waals surface area contributed by atoms with Crippen LogP contribution < -0.4 is 5.32 Å². The van der Waals surface area contributed by atoms with Crippen LogP contribution in [0.5, 0.6) is 5.75 Å².